The number of sulfonamides is 1. The molecule has 0 amide bonds. The Morgan fingerprint density at radius 2 is 2.00 bits per heavy atom. The number of hydrogen-bond donors (Lipinski definition) is 0. The van der Waals surface area contributed by atoms with Crippen molar-refractivity contribution in [2.75, 3.05) is 20.2 Å². The lowest BCUT2D eigenvalue weighted by molar-refractivity contribution is 0.312. The summed E-state index contributed by atoms with van der Waals surface area (Å²) in [7, 11) is -2.39. The third-order valence-corrected chi connectivity index (χ3v) is 7.30. The Kier molecular flexibility index (Phi) is 6.28. The van der Waals surface area contributed by atoms with Gasteiger partial charge < -0.3 is 9.64 Å². The number of nitrogens with zero attached hydrogens (tertiary/aromatic N) is 3. The Morgan fingerprint density at radius 1 is 1.29 bits per heavy atom. The van der Waals surface area contributed by atoms with E-state index in [0.29, 0.717) is 29.7 Å². The maximum atomic E-state index is 13.6. The van der Waals surface area contributed by atoms with Gasteiger partial charge in [-0.25, -0.2) is 8.42 Å². The van der Waals surface area contributed by atoms with E-state index in [2.05, 4.69) is 22.1 Å². The number of methoxy groups -OCH3 is 1. The van der Waals surface area contributed by atoms with Crippen LogP contribution in [-0.2, 0) is 16.6 Å². The third kappa shape index (κ3) is 4.32. The van der Waals surface area contributed by atoms with E-state index in [9.17, 15) is 13.7 Å². The highest BCUT2D eigenvalue weighted by Gasteiger charge is 2.37. The molecule has 28 heavy (non-hydrogen) atoms. The van der Waals surface area contributed by atoms with E-state index in [1.165, 1.54) is 11.4 Å². The van der Waals surface area contributed by atoms with Crippen LogP contribution in [0.5, 0.6) is 5.75 Å². The van der Waals surface area contributed by atoms with E-state index in [0.717, 1.165) is 11.1 Å². The average Bonchev–Trinajstić information content (AvgIpc) is 3.16. The number of nitriles is 1. The molecule has 0 saturated carbocycles. The van der Waals surface area contributed by atoms with Gasteiger partial charge in [0.1, 0.15) is 10.6 Å². The first kappa shape index (κ1) is 20.6. The molecule has 0 spiro atoms. The predicted octanol–water partition coefficient (Wildman–Crippen LogP) is 3.51. The number of benzene rings is 2. The van der Waals surface area contributed by atoms with Crippen molar-refractivity contribution < 1.29 is 13.2 Å². The largest absolute Gasteiger partial charge is 0.495 e. The van der Waals surface area contributed by atoms with Crippen LogP contribution in [0.25, 0.3) is 0 Å². The van der Waals surface area contributed by atoms with Gasteiger partial charge in [-0.1, -0.05) is 45.8 Å². The highest BCUT2D eigenvalue weighted by Crippen LogP contribution is 2.33. The minimum absolute atomic E-state index is 0.117. The zero-order valence-corrected chi connectivity index (χ0v) is 18.2. The third-order valence-electron chi connectivity index (χ3n) is 4.88. The predicted molar refractivity (Wildman–Crippen MR) is 110 cm³/mol. The van der Waals surface area contributed by atoms with E-state index in [1.807, 2.05) is 31.2 Å². The Bertz CT molecular complexity index is 987. The highest BCUT2D eigenvalue weighted by atomic mass is 79.9. The first-order chi connectivity index (χ1) is 13.3. The summed E-state index contributed by atoms with van der Waals surface area (Å²) in [6, 6.07) is 12.5. The molecule has 1 aliphatic rings. The maximum Gasteiger partial charge on any atom is 0.247 e. The van der Waals surface area contributed by atoms with Crippen LogP contribution in [0.15, 0.2) is 51.8 Å². The van der Waals surface area contributed by atoms with Gasteiger partial charge in [0.05, 0.1) is 7.11 Å². The average molecular weight is 464 g/mol. The number of hydrogen-bond acceptors (Lipinski definition) is 5. The molecule has 3 rings (SSSR count). The SMILES string of the molecule is COc1ccc(Br)cc1S(=O)(=O)N(Cc1ccc(C)cc1)C1CCN(C#N)C1. The van der Waals surface area contributed by atoms with Crippen LogP contribution in [0.2, 0.25) is 0 Å². The summed E-state index contributed by atoms with van der Waals surface area (Å²) in [4.78, 5) is 1.72. The lowest BCUT2D eigenvalue weighted by Gasteiger charge is -2.28. The smallest absolute Gasteiger partial charge is 0.247 e. The normalized spacial score (nSPS) is 17.0. The van der Waals surface area contributed by atoms with Crippen molar-refractivity contribution in [3.05, 3.63) is 58.1 Å². The molecular formula is C20H22BrN3O3S. The van der Waals surface area contributed by atoms with Crippen LogP contribution in [0.3, 0.4) is 0 Å². The minimum Gasteiger partial charge on any atom is -0.495 e. The van der Waals surface area contributed by atoms with Crippen molar-refractivity contribution in [1.29, 1.82) is 5.26 Å². The fourth-order valence-corrected chi connectivity index (χ4v) is 5.66. The molecule has 148 valence electrons. The molecule has 1 fully saturated rings. The van der Waals surface area contributed by atoms with Gasteiger partial charge >= 0.3 is 0 Å². The molecule has 0 aliphatic carbocycles. The molecule has 1 atom stereocenters. The summed E-state index contributed by atoms with van der Waals surface area (Å²) in [5.74, 6) is 0.298. The topological polar surface area (TPSA) is 73.6 Å². The lowest BCUT2D eigenvalue weighted by Crippen LogP contribution is -2.41. The first-order valence-electron chi connectivity index (χ1n) is 8.90. The number of likely N-dealkylation sites (tertiary alicyclic amines) is 1. The Morgan fingerprint density at radius 3 is 2.61 bits per heavy atom. The van der Waals surface area contributed by atoms with Crippen molar-refractivity contribution in [2.45, 2.75) is 30.8 Å². The van der Waals surface area contributed by atoms with Gasteiger partial charge in [-0.15, -0.1) is 0 Å². The van der Waals surface area contributed by atoms with Crippen LogP contribution in [0, 0.1) is 18.4 Å². The van der Waals surface area contributed by atoms with Crippen molar-refractivity contribution >= 4 is 26.0 Å². The van der Waals surface area contributed by atoms with Crippen LogP contribution >= 0.6 is 15.9 Å². The molecule has 2 aromatic rings. The second-order valence-electron chi connectivity index (χ2n) is 6.82. The van der Waals surface area contributed by atoms with Gasteiger partial charge in [0.2, 0.25) is 10.0 Å². The van der Waals surface area contributed by atoms with Crippen LogP contribution in [-0.4, -0.2) is 43.9 Å². The molecule has 8 heteroatoms. The lowest BCUT2D eigenvalue weighted by atomic mass is 10.1. The Labute approximate surface area is 174 Å². The van der Waals surface area contributed by atoms with E-state index in [4.69, 9.17) is 4.74 Å². The Hall–Kier alpha value is -2.08. The van der Waals surface area contributed by atoms with E-state index < -0.39 is 10.0 Å². The molecule has 1 unspecified atom stereocenters. The molecule has 0 N–H and O–H groups in total. The fourth-order valence-electron chi connectivity index (χ4n) is 3.33. The van der Waals surface area contributed by atoms with Crippen molar-refractivity contribution in [2.24, 2.45) is 0 Å². The van der Waals surface area contributed by atoms with Crippen LogP contribution < -0.4 is 4.74 Å². The van der Waals surface area contributed by atoms with Crippen molar-refractivity contribution in [3.8, 4) is 11.9 Å². The molecule has 0 radical (unpaired) electrons. The number of rotatable bonds is 6. The van der Waals surface area contributed by atoms with Gasteiger partial charge in [-0.05, 0) is 37.1 Å². The van der Waals surface area contributed by atoms with E-state index in [1.54, 1.807) is 23.1 Å². The minimum atomic E-state index is -3.85. The van der Waals surface area contributed by atoms with Gasteiger partial charge in [-0.2, -0.15) is 9.57 Å². The molecule has 0 bridgehead atoms. The summed E-state index contributed by atoms with van der Waals surface area (Å²) >= 11 is 3.36. The number of halogens is 1. The first-order valence-corrected chi connectivity index (χ1v) is 11.1. The molecular weight excluding hydrogens is 442 g/mol. The van der Waals surface area contributed by atoms with Crippen molar-refractivity contribution in [3.63, 3.8) is 0 Å². The summed E-state index contributed by atoms with van der Waals surface area (Å²) in [5.41, 5.74) is 2.02. The fraction of sp³-hybridized carbons (Fsp3) is 0.350. The highest BCUT2D eigenvalue weighted by molar-refractivity contribution is 9.10. The summed E-state index contributed by atoms with van der Waals surface area (Å²) < 4.78 is 34.8. The number of ether oxygens (including phenoxy) is 1. The zero-order chi connectivity index (χ0) is 20.3. The van der Waals surface area contributed by atoms with Crippen molar-refractivity contribution in [1.82, 2.24) is 9.21 Å². The van der Waals surface area contributed by atoms with E-state index in [-0.39, 0.29) is 17.5 Å². The van der Waals surface area contributed by atoms with Gasteiger partial charge in [0.25, 0.3) is 0 Å². The molecule has 2 aromatic carbocycles. The molecule has 6 nitrogen and oxygen atoms in total. The zero-order valence-electron chi connectivity index (χ0n) is 15.8. The van der Waals surface area contributed by atoms with Crippen LogP contribution in [0.1, 0.15) is 17.5 Å². The van der Waals surface area contributed by atoms with E-state index >= 15 is 0 Å². The van der Waals surface area contributed by atoms with Gasteiger partial charge in [0.15, 0.2) is 6.19 Å². The maximum absolute atomic E-state index is 13.6. The standard InChI is InChI=1S/C20H22BrN3O3S/c1-15-3-5-16(6-4-15)12-24(18-9-10-23(13-18)14-22)28(25,26)20-11-17(21)7-8-19(20)27-2/h3-8,11,18H,9-10,12-13H2,1-2H3. The second-order valence-corrected chi connectivity index (χ2v) is 9.59. The van der Waals surface area contributed by atoms with Gasteiger partial charge in [0, 0.05) is 30.1 Å². The summed E-state index contributed by atoms with van der Waals surface area (Å²) in [6.45, 7) is 3.17. The van der Waals surface area contributed by atoms with Gasteiger partial charge in [-0.3, -0.25) is 0 Å². The second kappa shape index (κ2) is 8.52. The summed E-state index contributed by atoms with van der Waals surface area (Å²) in [5, 5.41) is 9.21. The molecule has 1 saturated heterocycles. The molecule has 1 aliphatic heterocycles. The number of aryl methyl sites for hydroxylation is 1. The molecule has 0 aromatic heterocycles. The monoisotopic (exact) mass is 463 g/mol. The quantitative estimate of drug-likeness (QED) is 0.612. The molecule has 1 heterocycles. The Balaban J connectivity index is 2.03. The summed E-state index contributed by atoms with van der Waals surface area (Å²) in [6.07, 6.45) is 2.73. The van der Waals surface area contributed by atoms with Crippen LogP contribution in [0.4, 0.5) is 0 Å².